The van der Waals surface area contributed by atoms with E-state index in [1.54, 1.807) is 0 Å². The van der Waals surface area contributed by atoms with E-state index in [1.165, 1.54) is 0 Å². The van der Waals surface area contributed by atoms with Crippen LogP contribution in [0.4, 0.5) is 0 Å². The van der Waals surface area contributed by atoms with Crippen LogP contribution in [-0.2, 0) is 8.23 Å². The molecule has 0 amide bonds. The molecule has 0 aliphatic heterocycles. The monoisotopic (exact) mass is 440 g/mol. The lowest BCUT2D eigenvalue weighted by Crippen LogP contribution is -2.52. The summed E-state index contributed by atoms with van der Waals surface area (Å²) in [6.45, 7) is 19.0. The SMILES string of the molecule is C.C.C[Si](C)(CCCNCCN)O[Si](C)(C)O[Si](C)(C)CCCNCCN. The maximum atomic E-state index is 6.62. The summed E-state index contributed by atoms with van der Waals surface area (Å²) in [6, 6.07) is 2.32. The lowest BCUT2D eigenvalue weighted by Gasteiger charge is -2.39. The Hall–Kier alpha value is 0.411. The van der Waals surface area contributed by atoms with Crippen LogP contribution >= 0.6 is 0 Å². The topological polar surface area (TPSA) is 94.6 Å². The van der Waals surface area contributed by atoms with Crippen molar-refractivity contribution < 1.29 is 8.23 Å². The van der Waals surface area contributed by atoms with Gasteiger partial charge in [0.1, 0.15) is 0 Å². The molecule has 0 rings (SSSR count). The van der Waals surface area contributed by atoms with Crippen molar-refractivity contribution in [2.75, 3.05) is 39.3 Å². The second kappa shape index (κ2) is 16.2. The van der Waals surface area contributed by atoms with Gasteiger partial charge in [-0.25, -0.2) is 0 Å². The Kier molecular flexibility index (Phi) is 19.3. The molecule has 0 heterocycles. The third-order valence-corrected chi connectivity index (χ3v) is 15.4. The predicted octanol–water partition coefficient (Wildman–Crippen LogP) is 3.28. The molecule has 0 aliphatic carbocycles. The quantitative estimate of drug-likeness (QED) is 0.217. The third kappa shape index (κ3) is 19.5. The van der Waals surface area contributed by atoms with Crippen molar-refractivity contribution in [2.45, 2.75) is 79.1 Å². The average Bonchev–Trinajstić information content (AvgIpc) is 2.44. The van der Waals surface area contributed by atoms with Crippen molar-refractivity contribution in [1.29, 1.82) is 0 Å². The number of nitrogens with one attached hydrogen (secondary N) is 2. The van der Waals surface area contributed by atoms with Gasteiger partial charge in [-0.3, -0.25) is 0 Å². The summed E-state index contributed by atoms with van der Waals surface area (Å²) in [5.41, 5.74) is 11.0. The number of nitrogens with two attached hydrogens (primary N) is 2. The molecule has 0 aliphatic rings. The molecular formula is C18H52N4O2Si3. The highest BCUT2D eigenvalue weighted by molar-refractivity contribution is 6.87. The summed E-state index contributed by atoms with van der Waals surface area (Å²) >= 11 is 0. The normalized spacial score (nSPS) is 12.4. The van der Waals surface area contributed by atoms with E-state index in [2.05, 4.69) is 49.9 Å². The molecular weight excluding hydrogens is 388 g/mol. The summed E-state index contributed by atoms with van der Waals surface area (Å²) in [7, 11) is -5.45. The first-order chi connectivity index (χ1) is 11.5. The lowest BCUT2D eigenvalue weighted by molar-refractivity contribution is 0.386. The van der Waals surface area contributed by atoms with Gasteiger partial charge in [-0.15, -0.1) is 0 Å². The minimum absolute atomic E-state index is 0. The van der Waals surface area contributed by atoms with E-state index >= 15 is 0 Å². The van der Waals surface area contributed by atoms with Gasteiger partial charge in [-0.05, 0) is 77.3 Å². The second-order valence-electron chi connectivity index (χ2n) is 8.41. The van der Waals surface area contributed by atoms with Crippen molar-refractivity contribution in [3.63, 3.8) is 0 Å². The standard InChI is InChI=1S/C16H44N4O2Si3.2CH4/c1-23(2,15-7-11-19-13-9-17)21-25(5,6)22-24(3,4)16-8-12-20-14-10-18;;/h19-20H,7-18H2,1-6H3;2*1H4. The van der Waals surface area contributed by atoms with Gasteiger partial charge < -0.3 is 30.3 Å². The molecule has 0 fully saturated rings. The van der Waals surface area contributed by atoms with Crippen LogP contribution in [0.2, 0.25) is 51.4 Å². The molecule has 0 spiro atoms. The average molecular weight is 441 g/mol. The number of rotatable bonds is 16. The summed E-state index contributed by atoms with van der Waals surface area (Å²) in [5, 5.41) is 6.72. The predicted molar refractivity (Wildman–Crippen MR) is 131 cm³/mol. The molecule has 0 saturated carbocycles. The minimum atomic E-state index is -2.08. The van der Waals surface area contributed by atoms with Crippen molar-refractivity contribution in [3.8, 4) is 0 Å². The summed E-state index contributed by atoms with van der Waals surface area (Å²) < 4.78 is 13.2. The first-order valence-electron chi connectivity index (χ1n) is 9.75. The van der Waals surface area contributed by atoms with Crippen LogP contribution in [0.1, 0.15) is 27.7 Å². The molecule has 0 radical (unpaired) electrons. The zero-order valence-electron chi connectivity index (χ0n) is 17.5. The highest BCUT2D eigenvalue weighted by atomic mass is 28.5. The fraction of sp³-hybridized carbons (Fsp3) is 1.00. The van der Waals surface area contributed by atoms with Crippen molar-refractivity contribution in [1.82, 2.24) is 10.6 Å². The van der Waals surface area contributed by atoms with E-state index in [0.717, 1.165) is 51.1 Å². The Labute approximate surface area is 174 Å². The van der Waals surface area contributed by atoms with E-state index < -0.39 is 25.2 Å². The molecule has 0 bridgehead atoms. The smallest absolute Gasteiger partial charge is 0.311 e. The second-order valence-corrected chi connectivity index (χ2v) is 20.9. The van der Waals surface area contributed by atoms with Crippen molar-refractivity contribution in [2.24, 2.45) is 11.5 Å². The van der Waals surface area contributed by atoms with Gasteiger partial charge in [0.05, 0.1) is 0 Å². The Morgan fingerprint density at radius 3 is 1.26 bits per heavy atom. The van der Waals surface area contributed by atoms with E-state index in [9.17, 15) is 0 Å². The highest BCUT2D eigenvalue weighted by Gasteiger charge is 2.39. The van der Waals surface area contributed by atoms with Crippen LogP contribution in [0.3, 0.4) is 0 Å². The van der Waals surface area contributed by atoms with Gasteiger partial charge in [0.2, 0.25) is 0 Å². The van der Waals surface area contributed by atoms with Gasteiger partial charge >= 0.3 is 8.56 Å². The molecule has 6 nitrogen and oxygen atoms in total. The zero-order valence-corrected chi connectivity index (χ0v) is 20.5. The Morgan fingerprint density at radius 1 is 0.630 bits per heavy atom. The lowest BCUT2D eigenvalue weighted by atomic mass is 10.5. The summed E-state index contributed by atoms with van der Waals surface area (Å²) in [4.78, 5) is 0. The van der Waals surface area contributed by atoms with Gasteiger partial charge in [-0.1, -0.05) is 14.9 Å². The fourth-order valence-corrected chi connectivity index (χ4v) is 17.2. The fourth-order valence-electron chi connectivity index (χ4n) is 3.19. The molecule has 0 atom stereocenters. The van der Waals surface area contributed by atoms with Crippen LogP contribution in [0, 0.1) is 0 Å². The van der Waals surface area contributed by atoms with Gasteiger partial charge in [-0.2, -0.15) is 0 Å². The number of hydrogen-bond acceptors (Lipinski definition) is 6. The molecule has 0 aromatic carbocycles. The van der Waals surface area contributed by atoms with Gasteiger partial charge in [0, 0.05) is 26.2 Å². The maximum absolute atomic E-state index is 6.62. The maximum Gasteiger partial charge on any atom is 0.311 e. The van der Waals surface area contributed by atoms with E-state index in [4.69, 9.17) is 19.7 Å². The van der Waals surface area contributed by atoms with Crippen LogP contribution in [-0.4, -0.2) is 64.5 Å². The third-order valence-electron chi connectivity index (χ3n) is 3.95. The molecule has 0 aromatic rings. The van der Waals surface area contributed by atoms with E-state index in [-0.39, 0.29) is 14.9 Å². The van der Waals surface area contributed by atoms with Crippen molar-refractivity contribution in [3.05, 3.63) is 0 Å². The van der Waals surface area contributed by atoms with Crippen LogP contribution in [0.5, 0.6) is 0 Å². The van der Waals surface area contributed by atoms with Gasteiger partial charge in [0.15, 0.2) is 16.6 Å². The van der Waals surface area contributed by atoms with Crippen LogP contribution < -0.4 is 22.1 Å². The largest absolute Gasteiger partial charge is 0.437 e. The molecule has 6 N–H and O–H groups in total. The van der Waals surface area contributed by atoms with Gasteiger partial charge in [0.25, 0.3) is 0 Å². The highest BCUT2D eigenvalue weighted by Crippen LogP contribution is 2.25. The minimum Gasteiger partial charge on any atom is -0.437 e. The molecule has 0 saturated heterocycles. The Balaban J connectivity index is -0.00000288. The first kappa shape index (κ1) is 32.1. The molecule has 27 heavy (non-hydrogen) atoms. The molecule has 0 aromatic heterocycles. The molecule has 168 valence electrons. The summed E-state index contributed by atoms with van der Waals surface area (Å²) in [6.07, 6.45) is 2.30. The van der Waals surface area contributed by atoms with E-state index in [1.807, 2.05) is 0 Å². The number of hydrogen-bond donors (Lipinski definition) is 4. The van der Waals surface area contributed by atoms with Crippen molar-refractivity contribution >= 4 is 25.2 Å². The zero-order chi connectivity index (χ0) is 19.4. The Morgan fingerprint density at radius 2 is 0.963 bits per heavy atom. The molecule has 9 heteroatoms. The Bertz CT molecular complexity index is 317. The van der Waals surface area contributed by atoms with Crippen LogP contribution in [0.15, 0.2) is 0 Å². The van der Waals surface area contributed by atoms with Crippen LogP contribution in [0.25, 0.3) is 0 Å². The van der Waals surface area contributed by atoms with E-state index in [0.29, 0.717) is 13.1 Å². The summed E-state index contributed by atoms with van der Waals surface area (Å²) in [5.74, 6) is 0. The first-order valence-corrected chi connectivity index (χ1v) is 18.8. The molecule has 0 unspecified atom stereocenters.